The molecule has 4 nitrogen and oxygen atoms in total. The van der Waals surface area contributed by atoms with Crippen molar-refractivity contribution in [3.63, 3.8) is 0 Å². The molecule has 0 unspecified atom stereocenters. The van der Waals surface area contributed by atoms with Crippen LogP contribution in [0.3, 0.4) is 0 Å². The van der Waals surface area contributed by atoms with Crippen molar-refractivity contribution in [2.75, 3.05) is 6.54 Å². The van der Waals surface area contributed by atoms with Gasteiger partial charge in [0.25, 0.3) is 0 Å². The molecular formula is C13H21ClN2O2S. The van der Waals surface area contributed by atoms with Crippen molar-refractivity contribution in [2.24, 2.45) is 0 Å². The second kappa shape index (κ2) is 7.22. The topological polar surface area (TPSA) is 50.3 Å². The van der Waals surface area contributed by atoms with Gasteiger partial charge in [-0.2, -0.15) is 4.31 Å². The average Bonchev–Trinajstić information content (AvgIpc) is 2.34. The number of unbranched alkanes of at least 4 members (excludes halogenated alkanes) is 2. The predicted molar refractivity (Wildman–Crippen MR) is 77.8 cm³/mol. The largest absolute Gasteiger partial charge is 0.244 e. The van der Waals surface area contributed by atoms with Crippen molar-refractivity contribution in [3.05, 3.63) is 23.5 Å². The van der Waals surface area contributed by atoms with E-state index in [1.165, 1.54) is 22.6 Å². The predicted octanol–water partition coefficient (Wildman–Crippen LogP) is 3.32. The number of rotatable bonds is 7. The highest BCUT2D eigenvalue weighted by Gasteiger charge is 2.26. The van der Waals surface area contributed by atoms with Crippen molar-refractivity contribution >= 4 is 21.6 Å². The van der Waals surface area contributed by atoms with Crippen LogP contribution < -0.4 is 0 Å². The average molecular weight is 305 g/mol. The van der Waals surface area contributed by atoms with Gasteiger partial charge >= 0.3 is 0 Å². The van der Waals surface area contributed by atoms with Gasteiger partial charge in [0.05, 0.1) is 4.90 Å². The molecule has 1 heterocycles. The van der Waals surface area contributed by atoms with Crippen LogP contribution in [0, 0.1) is 0 Å². The van der Waals surface area contributed by atoms with E-state index < -0.39 is 10.0 Å². The van der Waals surface area contributed by atoms with Crippen molar-refractivity contribution in [1.29, 1.82) is 0 Å². The first-order valence-corrected chi connectivity index (χ1v) is 8.34. The van der Waals surface area contributed by atoms with Crippen LogP contribution in [0.4, 0.5) is 0 Å². The maximum absolute atomic E-state index is 12.6. The molecule has 108 valence electrons. The van der Waals surface area contributed by atoms with Crippen LogP contribution in [0.5, 0.6) is 0 Å². The third-order valence-electron chi connectivity index (χ3n) is 2.86. The lowest BCUT2D eigenvalue weighted by atomic mass is 10.2. The van der Waals surface area contributed by atoms with Crippen LogP contribution in [0.15, 0.2) is 23.2 Å². The van der Waals surface area contributed by atoms with Crippen LogP contribution >= 0.6 is 11.6 Å². The Morgan fingerprint density at radius 2 is 2.05 bits per heavy atom. The highest BCUT2D eigenvalue weighted by molar-refractivity contribution is 7.89. The molecule has 0 amide bonds. The molecule has 0 saturated carbocycles. The fourth-order valence-corrected chi connectivity index (χ4v) is 3.78. The number of halogens is 1. The maximum Gasteiger partial charge on any atom is 0.243 e. The van der Waals surface area contributed by atoms with Gasteiger partial charge in [-0.1, -0.05) is 31.4 Å². The summed E-state index contributed by atoms with van der Waals surface area (Å²) in [6, 6.07) is 2.80. The molecule has 6 heteroatoms. The minimum absolute atomic E-state index is 0.0752. The molecule has 0 spiro atoms. The molecule has 0 N–H and O–H groups in total. The summed E-state index contributed by atoms with van der Waals surface area (Å²) < 4.78 is 26.6. The molecule has 0 aliphatic carbocycles. The van der Waals surface area contributed by atoms with Crippen molar-refractivity contribution < 1.29 is 8.42 Å². The zero-order valence-electron chi connectivity index (χ0n) is 11.6. The molecular weight excluding hydrogens is 284 g/mol. The van der Waals surface area contributed by atoms with Crippen molar-refractivity contribution in [3.8, 4) is 0 Å². The molecule has 1 rings (SSSR count). The Morgan fingerprint density at radius 1 is 1.37 bits per heavy atom. The van der Waals surface area contributed by atoms with Crippen molar-refractivity contribution in [2.45, 2.75) is 51.0 Å². The van der Waals surface area contributed by atoms with E-state index in [0.29, 0.717) is 6.54 Å². The number of nitrogens with zero attached hydrogens (tertiary/aromatic N) is 2. The molecule has 1 aromatic rings. The van der Waals surface area contributed by atoms with Crippen LogP contribution in [-0.2, 0) is 10.0 Å². The summed E-state index contributed by atoms with van der Waals surface area (Å²) in [5.74, 6) is 0. The van der Waals surface area contributed by atoms with E-state index in [9.17, 15) is 8.42 Å². The van der Waals surface area contributed by atoms with Crippen LogP contribution in [0.25, 0.3) is 0 Å². The van der Waals surface area contributed by atoms with Gasteiger partial charge in [-0.3, -0.25) is 0 Å². The maximum atomic E-state index is 12.6. The van der Waals surface area contributed by atoms with E-state index in [1.54, 1.807) is 0 Å². The fourth-order valence-electron chi connectivity index (χ4n) is 1.85. The van der Waals surface area contributed by atoms with Gasteiger partial charge in [-0.15, -0.1) is 0 Å². The van der Waals surface area contributed by atoms with Gasteiger partial charge in [0.2, 0.25) is 10.0 Å². The third kappa shape index (κ3) is 4.44. The number of sulfonamides is 1. The number of hydrogen-bond acceptors (Lipinski definition) is 3. The summed E-state index contributed by atoms with van der Waals surface area (Å²) in [7, 11) is -3.49. The normalized spacial score (nSPS) is 12.3. The molecule has 0 bridgehead atoms. The van der Waals surface area contributed by atoms with E-state index in [4.69, 9.17) is 11.6 Å². The molecule has 0 radical (unpaired) electrons. The molecule has 0 aliphatic heterocycles. The first-order valence-electron chi connectivity index (χ1n) is 6.53. The molecule has 0 atom stereocenters. The summed E-state index contributed by atoms with van der Waals surface area (Å²) in [5.41, 5.74) is 0. The molecule has 0 aromatic carbocycles. The third-order valence-corrected chi connectivity index (χ3v) is 5.14. The summed E-state index contributed by atoms with van der Waals surface area (Å²) in [6.45, 7) is 6.39. The Labute approximate surface area is 120 Å². The molecule has 0 aliphatic rings. The summed E-state index contributed by atoms with van der Waals surface area (Å²) in [6.07, 6.45) is 4.37. The minimum Gasteiger partial charge on any atom is -0.244 e. The SMILES string of the molecule is CCCCCN(C(C)C)S(=O)(=O)c1ccnc(Cl)c1. The van der Waals surface area contributed by atoms with E-state index >= 15 is 0 Å². The van der Waals surface area contributed by atoms with Gasteiger partial charge in [0, 0.05) is 18.8 Å². The van der Waals surface area contributed by atoms with Gasteiger partial charge < -0.3 is 0 Å². The Balaban J connectivity index is 2.99. The first-order chi connectivity index (χ1) is 8.89. The van der Waals surface area contributed by atoms with Gasteiger partial charge in [-0.05, 0) is 32.4 Å². The van der Waals surface area contributed by atoms with Crippen molar-refractivity contribution in [1.82, 2.24) is 9.29 Å². The van der Waals surface area contributed by atoms with E-state index in [1.807, 2.05) is 13.8 Å². The number of aromatic nitrogens is 1. The van der Waals surface area contributed by atoms with Gasteiger partial charge in [-0.25, -0.2) is 13.4 Å². The highest BCUT2D eigenvalue weighted by Crippen LogP contribution is 2.20. The number of pyridine rings is 1. The Hall–Kier alpha value is -0.650. The summed E-state index contributed by atoms with van der Waals surface area (Å²) >= 11 is 5.77. The second-order valence-electron chi connectivity index (χ2n) is 4.73. The lowest BCUT2D eigenvalue weighted by molar-refractivity contribution is 0.345. The standard InChI is InChI=1S/C13H21ClN2O2S/c1-4-5-6-9-16(11(2)3)19(17,18)12-7-8-15-13(14)10-12/h7-8,10-11H,4-6,9H2,1-3H3. The molecule has 1 aromatic heterocycles. The smallest absolute Gasteiger partial charge is 0.243 e. The number of hydrogen-bond donors (Lipinski definition) is 0. The lowest BCUT2D eigenvalue weighted by Gasteiger charge is -2.25. The van der Waals surface area contributed by atoms with Gasteiger partial charge in [0.1, 0.15) is 5.15 Å². The molecule has 0 saturated heterocycles. The second-order valence-corrected chi connectivity index (χ2v) is 7.01. The fraction of sp³-hybridized carbons (Fsp3) is 0.615. The minimum atomic E-state index is -3.49. The van der Waals surface area contributed by atoms with Crippen LogP contribution in [0.1, 0.15) is 40.0 Å². The zero-order chi connectivity index (χ0) is 14.5. The van der Waals surface area contributed by atoms with E-state index in [2.05, 4.69) is 11.9 Å². The van der Waals surface area contributed by atoms with E-state index in [-0.39, 0.29) is 16.1 Å². The summed E-state index contributed by atoms with van der Waals surface area (Å²) in [4.78, 5) is 4.02. The van der Waals surface area contributed by atoms with E-state index in [0.717, 1.165) is 19.3 Å². The summed E-state index contributed by atoms with van der Waals surface area (Å²) in [5, 5.41) is 0.193. The van der Waals surface area contributed by atoms with Gasteiger partial charge in [0.15, 0.2) is 0 Å². The molecule has 19 heavy (non-hydrogen) atoms. The monoisotopic (exact) mass is 304 g/mol. The first kappa shape index (κ1) is 16.4. The Bertz CT molecular complexity index is 503. The lowest BCUT2D eigenvalue weighted by Crippen LogP contribution is -2.37. The Morgan fingerprint density at radius 3 is 2.58 bits per heavy atom. The van der Waals surface area contributed by atoms with Crippen LogP contribution in [-0.4, -0.2) is 30.3 Å². The molecule has 0 fully saturated rings. The van der Waals surface area contributed by atoms with Crippen LogP contribution in [0.2, 0.25) is 5.15 Å². The highest BCUT2D eigenvalue weighted by atomic mass is 35.5. The zero-order valence-corrected chi connectivity index (χ0v) is 13.2. The Kier molecular flexibility index (Phi) is 6.23. The quantitative estimate of drug-likeness (QED) is 0.573.